The molecule has 4 nitrogen and oxygen atoms in total. The molecule has 0 bridgehead atoms. The molecule has 0 amide bonds. The number of aliphatic carboxylic acids is 1. The first-order valence-electron chi connectivity index (χ1n) is 12.1. The molecular weight excluding hydrogens is 400 g/mol. The first kappa shape index (κ1) is 25.8. The summed E-state index contributed by atoms with van der Waals surface area (Å²) in [5, 5.41) is 9.53. The van der Waals surface area contributed by atoms with Crippen LogP contribution in [0.4, 0.5) is 0 Å². The highest BCUT2D eigenvalue weighted by Crippen LogP contribution is 2.29. The highest BCUT2D eigenvalue weighted by Gasteiger charge is 2.39. The van der Waals surface area contributed by atoms with Gasteiger partial charge in [0.05, 0.1) is 6.61 Å². The van der Waals surface area contributed by atoms with Crippen molar-refractivity contribution >= 4 is 5.97 Å². The zero-order chi connectivity index (χ0) is 23.4. The molecule has 0 fully saturated rings. The van der Waals surface area contributed by atoms with Gasteiger partial charge < -0.3 is 14.6 Å². The average Bonchev–Trinajstić information content (AvgIpc) is 2.78. The van der Waals surface area contributed by atoms with Crippen LogP contribution in [0.3, 0.4) is 0 Å². The Hall–Kier alpha value is -2.49. The lowest BCUT2D eigenvalue weighted by Gasteiger charge is -2.30. The largest absolute Gasteiger partial charge is 0.494 e. The van der Waals surface area contributed by atoms with Gasteiger partial charge in [-0.15, -0.1) is 0 Å². The quantitative estimate of drug-likeness (QED) is 0.288. The van der Waals surface area contributed by atoms with E-state index in [9.17, 15) is 9.90 Å². The Morgan fingerprint density at radius 1 is 0.812 bits per heavy atom. The zero-order valence-electron chi connectivity index (χ0n) is 20.2. The Balaban J connectivity index is 1.80. The molecule has 0 heterocycles. The number of carboxylic acid groups (broad SMARTS) is 1. The van der Waals surface area contributed by atoms with Crippen LogP contribution in [0.1, 0.15) is 79.1 Å². The lowest BCUT2D eigenvalue weighted by Crippen LogP contribution is -2.46. The van der Waals surface area contributed by atoms with Gasteiger partial charge in [-0.3, -0.25) is 0 Å². The molecule has 0 saturated heterocycles. The van der Waals surface area contributed by atoms with Gasteiger partial charge >= 0.3 is 5.97 Å². The summed E-state index contributed by atoms with van der Waals surface area (Å²) in [6.45, 7) is 8.32. The van der Waals surface area contributed by atoms with Crippen molar-refractivity contribution in [3.63, 3.8) is 0 Å². The van der Waals surface area contributed by atoms with E-state index in [4.69, 9.17) is 9.47 Å². The minimum atomic E-state index is -1.25. The van der Waals surface area contributed by atoms with E-state index in [1.165, 1.54) is 44.9 Å². The first-order valence-corrected chi connectivity index (χ1v) is 12.1. The Morgan fingerprint density at radius 2 is 1.28 bits per heavy atom. The van der Waals surface area contributed by atoms with Crippen molar-refractivity contribution in [3.05, 3.63) is 48.5 Å². The van der Waals surface area contributed by atoms with E-state index in [0.717, 1.165) is 29.9 Å². The summed E-state index contributed by atoms with van der Waals surface area (Å²) in [6.07, 6.45) is 10.4. The summed E-state index contributed by atoms with van der Waals surface area (Å²) in [6, 6.07) is 15.7. The van der Waals surface area contributed by atoms with Crippen molar-refractivity contribution in [1.29, 1.82) is 0 Å². The molecule has 1 atom stereocenters. The van der Waals surface area contributed by atoms with Crippen LogP contribution in [0, 0.1) is 5.92 Å². The summed E-state index contributed by atoms with van der Waals surface area (Å²) < 4.78 is 11.7. The molecule has 0 aliphatic rings. The minimum Gasteiger partial charge on any atom is -0.494 e. The number of unbranched alkanes of at least 4 members (excludes halogenated alkanes) is 7. The van der Waals surface area contributed by atoms with Crippen LogP contribution in [0.15, 0.2) is 48.5 Å². The Kier molecular flexibility index (Phi) is 10.6. The number of rotatable bonds is 15. The summed E-state index contributed by atoms with van der Waals surface area (Å²) in [4.78, 5) is 11.6. The molecule has 2 rings (SSSR count). The third kappa shape index (κ3) is 7.89. The molecule has 0 radical (unpaired) electrons. The molecule has 0 saturated carbocycles. The molecule has 2 aromatic carbocycles. The second kappa shape index (κ2) is 13.1. The third-order valence-corrected chi connectivity index (χ3v) is 6.16. The predicted molar refractivity (Wildman–Crippen MR) is 131 cm³/mol. The van der Waals surface area contributed by atoms with Gasteiger partial charge in [-0.2, -0.15) is 0 Å². The molecule has 176 valence electrons. The van der Waals surface area contributed by atoms with Crippen LogP contribution in [-0.2, 0) is 4.79 Å². The van der Waals surface area contributed by atoms with E-state index in [-0.39, 0.29) is 5.92 Å². The molecule has 0 spiro atoms. The maximum Gasteiger partial charge on any atom is 0.348 e. The highest BCUT2D eigenvalue weighted by atomic mass is 16.5. The predicted octanol–water partition coefficient (Wildman–Crippen LogP) is 7.75. The van der Waals surface area contributed by atoms with Crippen molar-refractivity contribution in [1.82, 2.24) is 0 Å². The number of carboxylic acids is 1. The van der Waals surface area contributed by atoms with Gasteiger partial charge in [0.25, 0.3) is 0 Å². The number of hydrogen-bond donors (Lipinski definition) is 1. The third-order valence-electron chi connectivity index (χ3n) is 6.16. The number of ether oxygens (including phenoxy) is 2. The van der Waals surface area contributed by atoms with Gasteiger partial charge in [0.15, 0.2) is 0 Å². The van der Waals surface area contributed by atoms with Crippen molar-refractivity contribution in [2.75, 3.05) is 6.61 Å². The Morgan fingerprint density at radius 3 is 1.75 bits per heavy atom. The average molecular weight is 441 g/mol. The molecule has 0 aliphatic heterocycles. The van der Waals surface area contributed by atoms with Crippen LogP contribution >= 0.6 is 0 Å². The summed E-state index contributed by atoms with van der Waals surface area (Å²) >= 11 is 0. The molecule has 1 unspecified atom stereocenters. The van der Waals surface area contributed by atoms with Gasteiger partial charge in [-0.1, -0.05) is 90.0 Å². The standard InChI is InChI=1S/C28H40O4/c1-5-6-7-8-9-10-11-12-21-31-25-17-13-23(14-18-25)24-15-19-26(20-16-24)32-28(4,22(2)3)27(29)30/h13-20,22H,5-12,21H2,1-4H3,(H,29,30). The van der Waals surface area contributed by atoms with Crippen LogP contribution in [0.25, 0.3) is 11.1 Å². The fourth-order valence-electron chi connectivity index (χ4n) is 3.54. The van der Waals surface area contributed by atoms with Gasteiger partial charge in [0, 0.05) is 5.92 Å². The number of carbonyl (C=O) groups is 1. The first-order chi connectivity index (χ1) is 15.4. The van der Waals surface area contributed by atoms with Gasteiger partial charge in [0.1, 0.15) is 11.5 Å². The maximum absolute atomic E-state index is 11.6. The van der Waals surface area contributed by atoms with E-state index in [1.807, 2.05) is 50.2 Å². The van der Waals surface area contributed by atoms with Gasteiger partial charge in [-0.05, 0) is 48.7 Å². The fraction of sp³-hybridized carbons (Fsp3) is 0.536. The monoisotopic (exact) mass is 440 g/mol. The molecule has 2 aromatic rings. The summed E-state index contributed by atoms with van der Waals surface area (Å²) in [5.41, 5.74) is 0.879. The van der Waals surface area contributed by atoms with E-state index in [0.29, 0.717) is 5.75 Å². The normalized spacial score (nSPS) is 13.0. The second-order valence-corrected chi connectivity index (χ2v) is 9.04. The van der Waals surface area contributed by atoms with Crippen molar-refractivity contribution in [2.45, 2.75) is 84.7 Å². The van der Waals surface area contributed by atoms with Crippen LogP contribution in [0.5, 0.6) is 11.5 Å². The molecule has 1 N–H and O–H groups in total. The van der Waals surface area contributed by atoms with Gasteiger partial charge in [-0.25, -0.2) is 4.79 Å². The van der Waals surface area contributed by atoms with Crippen LogP contribution in [-0.4, -0.2) is 23.3 Å². The van der Waals surface area contributed by atoms with Crippen LogP contribution in [0.2, 0.25) is 0 Å². The van der Waals surface area contributed by atoms with Crippen molar-refractivity contribution in [2.24, 2.45) is 5.92 Å². The zero-order valence-corrected chi connectivity index (χ0v) is 20.2. The highest BCUT2D eigenvalue weighted by molar-refractivity contribution is 5.78. The second-order valence-electron chi connectivity index (χ2n) is 9.04. The molecule has 32 heavy (non-hydrogen) atoms. The molecule has 0 aliphatic carbocycles. The molecule has 0 aromatic heterocycles. The minimum absolute atomic E-state index is 0.155. The van der Waals surface area contributed by atoms with Crippen molar-refractivity contribution in [3.8, 4) is 22.6 Å². The van der Waals surface area contributed by atoms with E-state index in [1.54, 1.807) is 6.92 Å². The summed E-state index contributed by atoms with van der Waals surface area (Å²) in [5.74, 6) is 0.334. The maximum atomic E-state index is 11.6. The number of benzene rings is 2. The Labute approximate surface area is 194 Å². The van der Waals surface area contributed by atoms with E-state index < -0.39 is 11.6 Å². The van der Waals surface area contributed by atoms with Crippen LogP contribution < -0.4 is 9.47 Å². The smallest absolute Gasteiger partial charge is 0.348 e. The number of hydrogen-bond acceptors (Lipinski definition) is 3. The van der Waals surface area contributed by atoms with E-state index >= 15 is 0 Å². The van der Waals surface area contributed by atoms with E-state index in [2.05, 4.69) is 19.1 Å². The Bertz CT molecular complexity index is 795. The van der Waals surface area contributed by atoms with Crippen molar-refractivity contribution < 1.29 is 19.4 Å². The lowest BCUT2D eigenvalue weighted by atomic mass is 9.92. The van der Waals surface area contributed by atoms with Gasteiger partial charge in [0.2, 0.25) is 5.60 Å². The molecule has 4 heteroatoms. The SMILES string of the molecule is CCCCCCCCCCOc1ccc(-c2ccc(OC(C)(C(=O)O)C(C)C)cc2)cc1. The molecular formula is C28H40O4. The lowest BCUT2D eigenvalue weighted by molar-refractivity contribution is -0.157. The topological polar surface area (TPSA) is 55.8 Å². The fourth-order valence-corrected chi connectivity index (χ4v) is 3.54. The summed E-state index contributed by atoms with van der Waals surface area (Å²) in [7, 11) is 0.